The quantitative estimate of drug-likeness (QED) is 0.883. The Morgan fingerprint density at radius 3 is 2.85 bits per heavy atom. The number of hydrogen-bond donors (Lipinski definition) is 2. The molecule has 0 saturated carbocycles. The highest BCUT2D eigenvalue weighted by Crippen LogP contribution is 2.21. The molecular formula is C14H18F2N2O2. The van der Waals surface area contributed by atoms with E-state index in [0.29, 0.717) is 13.0 Å². The first-order valence-electron chi connectivity index (χ1n) is 6.62. The summed E-state index contributed by atoms with van der Waals surface area (Å²) in [4.78, 5) is 12.0. The summed E-state index contributed by atoms with van der Waals surface area (Å²) in [5.74, 6) is -1.61. The van der Waals surface area contributed by atoms with Gasteiger partial charge in [0.2, 0.25) is 5.91 Å². The van der Waals surface area contributed by atoms with E-state index in [-0.39, 0.29) is 17.6 Å². The number of amides is 1. The third-order valence-corrected chi connectivity index (χ3v) is 3.45. The number of carbonyl (C=O) groups is 1. The van der Waals surface area contributed by atoms with Crippen molar-refractivity contribution in [3.8, 4) is 0 Å². The van der Waals surface area contributed by atoms with Crippen LogP contribution in [0.1, 0.15) is 31.4 Å². The van der Waals surface area contributed by atoms with Gasteiger partial charge in [0.15, 0.2) is 0 Å². The average Bonchev–Trinajstić information content (AvgIpc) is 2.87. The number of nitrogens with one attached hydrogen (secondary N) is 1. The zero-order valence-electron chi connectivity index (χ0n) is 11.2. The highest BCUT2D eigenvalue weighted by molar-refractivity contribution is 5.81. The van der Waals surface area contributed by atoms with E-state index in [2.05, 4.69) is 5.32 Å². The number of ether oxygens (including phenoxy) is 1. The van der Waals surface area contributed by atoms with Crippen LogP contribution < -0.4 is 11.1 Å². The van der Waals surface area contributed by atoms with Crippen LogP contribution in [-0.2, 0) is 9.53 Å². The van der Waals surface area contributed by atoms with E-state index >= 15 is 0 Å². The maximum absolute atomic E-state index is 13.6. The molecular weight excluding hydrogens is 266 g/mol. The highest BCUT2D eigenvalue weighted by Gasteiger charge is 2.30. The van der Waals surface area contributed by atoms with Gasteiger partial charge >= 0.3 is 0 Å². The smallest absolute Gasteiger partial charge is 0.249 e. The lowest BCUT2D eigenvalue weighted by molar-refractivity contribution is -0.132. The van der Waals surface area contributed by atoms with Crippen LogP contribution in [0.15, 0.2) is 18.2 Å². The minimum absolute atomic E-state index is 0.0939. The Kier molecular flexibility index (Phi) is 4.67. The number of nitrogens with two attached hydrogens (primary N) is 1. The van der Waals surface area contributed by atoms with Crippen molar-refractivity contribution in [3.05, 3.63) is 35.4 Å². The number of benzene rings is 1. The van der Waals surface area contributed by atoms with Gasteiger partial charge in [-0.2, -0.15) is 0 Å². The van der Waals surface area contributed by atoms with Gasteiger partial charge < -0.3 is 15.8 Å². The summed E-state index contributed by atoms with van der Waals surface area (Å²) in [7, 11) is 0. The van der Waals surface area contributed by atoms with Crippen molar-refractivity contribution in [3.63, 3.8) is 0 Å². The van der Waals surface area contributed by atoms with E-state index in [4.69, 9.17) is 10.5 Å². The van der Waals surface area contributed by atoms with Crippen molar-refractivity contribution in [1.29, 1.82) is 0 Å². The minimum Gasteiger partial charge on any atom is -0.364 e. The summed E-state index contributed by atoms with van der Waals surface area (Å²) >= 11 is 0. The molecule has 1 aromatic rings. The molecule has 0 aliphatic carbocycles. The fourth-order valence-electron chi connectivity index (χ4n) is 2.31. The van der Waals surface area contributed by atoms with Gasteiger partial charge in [0, 0.05) is 18.2 Å². The van der Waals surface area contributed by atoms with Gasteiger partial charge in [0.1, 0.15) is 17.7 Å². The molecule has 0 unspecified atom stereocenters. The Morgan fingerprint density at radius 2 is 2.25 bits per heavy atom. The van der Waals surface area contributed by atoms with Crippen LogP contribution in [0.2, 0.25) is 0 Å². The average molecular weight is 284 g/mol. The highest BCUT2D eigenvalue weighted by atomic mass is 19.1. The van der Waals surface area contributed by atoms with E-state index in [1.165, 1.54) is 6.07 Å². The normalized spacial score (nSPS) is 23.6. The molecule has 0 bridgehead atoms. The molecule has 6 heteroatoms. The topological polar surface area (TPSA) is 64.4 Å². The van der Waals surface area contributed by atoms with Crippen LogP contribution in [0.5, 0.6) is 0 Å². The number of hydrogen-bond acceptors (Lipinski definition) is 3. The van der Waals surface area contributed by atoms with Crippen molar-refractivity contribution in [2.75, 3.05) is 6.54 Å². The van der Waals surface area contributed by atoms with Gasteiger partial charge in [-0.15, -0.1) is 0 Å². The second-order valence-corrected chi connectivity index (χ2v) is 4.96. The second-order valence-electron chi connectivity index (χ2n) is 4.96. The van der Waals surface area contributed by atoms with Crippen LogP contribution in [0.3, 0.4) is 0 Å². The summed E-state index contributed by atoms with van der Waals surface area (Å²) in [5, 5.41) is 2.68. The predicted octanol–water partition coefficient (Wildman–Crippen LogP) is 1.65. The van der Waals surface area contributed by atoms with Crippen LogP contribution in [0, 0.1) is 11.6 Å². The molecule has 0 spiro atoms. The van der Waals surface area contributed by atoms with Gasteiger partial charge in [-0.3, -0.25) is 4.79 Å². The lowest BCUT2D eigenvalue weighted by Gasteiger charge is -2.18. The zero-order chi connectivity index (χ0) is 14.7. The first kappa shape index (κ1) is 14.9. The van der Waals surface area contributed by atoms with Gasteiger partial charge in [-0.05, 0) is 25.8 Å². The van der Waals surface area contributed by atoms with Crippen molar-refractivity contribution in [1.82, 2.24) is 5.32 Å². The Balaban J connectivity index is 1.97. The van der Waals surface area contributed by atoms with Crippen molar-refractivity contribution in [2.45, 2.75) is 38.0 Å². The van der Waals surface area contributed by atoms with Gasteiger partial charge in [-0.25, -0.2) is 8.78 Å². The molecule has 1 saturated heterocycles. The molecule has 1 amide bonds. The van der Waals surface area contributed by atoms with Crippen molar-refractivity contribution in [2.24, 2.45) is 5.73 Å². The molecule has 1 aliphatic heterocycles. The third-order valence-electron chi connectivity index (χ3n) is 3.45. The molecule has 0 radical (unpaired) electrons. The van der Waals surface area contributed by atoms with Crippen LogP contribution >= 0.6 is 0 Å². The molecule has 0 aromatic heterocycles. The molecule has 4 nitrogen and oxygen atoms in total. The van der Waals surface area contributed by atoms with E-state index in [1.807, 2.05) is 0 Å². The Bertz CT molecular complexity index is 496. The van der Waals surface area contributed by atoms with E-state index in [1.54, 1.807) is 6.92 Å². The Hall–Kier alpha value is -1.53. The minimum atomic E-state index is -0.676. The summed E-state index contributed by atoms with van der Waals surface area (Å²) in [6.45, 7) is 2.02. The van der Waals surface area contributed by atoms with Crippen LogP contribution in [-0.4, -0.2) is 24.7 Å². The van der Waals surface area contributed by atoms with Crippen molar-refractivity contribution >= 4 is 5.91 Å². The monoisotopic (exact) mass is 284 g/mol. The third kappa shape index (κ3) is 3.32. The second kappa shape index (κ2) is 6.28. The zero-order valence-corrected chi connectivity index (χ0v) is 11.2. The molecule has 3 N–H and O–H groups in total. The number of rotatable bonds is 4. The Morgan fingerprint density at radius 1 is 1.50 bits per heavy atom. The summed E-state index contributed by atoms with van der Waals surface area (Å²) in [5.41, 5.74) is 5.72. The Labute approximate surface area is 116 Å². The molecule has 1 aromatic carbocycles. The summed E-state index contributed by atoms with van der Waals surface area (Å²) < 4.78 is 31.9. The largest absolute Gasteiger partial charge is 0.364 e. The molecule has 20 heavy (non-hydrogen) atoms. The first-order valence-corrected chi connectivity index (χ1v) is 6.62. The summed E-state index contributed by atoms with van der Waals surface area (Å²) in [6, 6.07) is 2.74. The van der Waals surface area contributed by atoms with Gasteiger partial charge in [0.25, 0.3) is 0 Å². The fourth-order valence-corrected chi connectivity index (χ4v) is 2.31. The maximum Gasteiger partial charge on any atom is 0.249 e. The van der Waals surface area contributed by atoms with E-state index in [9.17, 15) is 13.6 Å². The SMILES string of the molecule is C[C@@H](NC(=O)[C@@H]1CC[C@H](CN)O1)c1ccc(F)cc1F. The van der Waals surface area contributed by atoms with Crippen LogP contribution in [0.4, 0.5) is 8.78 Å². The maximum atomic E-state index is 13.6. The molecule has 110 valence electrons. The standard InChI is InChI=1S/C14H18F2N2O2/c1-8(11-4-2-9(15)6-12(11)16)18-14(19)13-5-3-10(7-17)20-13/h2,4,6,8,10,13H,3,5,7,17H2,1H3,(H,18,19)/t8-,10-,13+/m1/s1. The predicted molar refractivity (Wildman–Crippen MR) is 69.9 cm³/mol. The molecule has 1 heterocycles. The first-order chi connectivity index (χ1) is 9.51. The fraction of sp³-hybridized carbons (Fsp3) is 0.500. The number of halogens is 2. The molecule has 1 fully saturated rings. The molecule has 3 atom stereocenters. The molecule has 1 aliphatic rings. The van der Waals surface area contributed by atoms with Gasteiger partial charge in [0.05, 0.1) is 12.1 Å². The van der Waals surface area contributed by atoms with Gasteiger partial charge in [-0.1, -0.05) is 6.07 Å². The van der Waals surface area contributed by atoms with E-state index < -0.39 is 23.8 Å². The van der Waals surface area contributed by atoms with Crippen LogP contribution in [0.25, 0.3) is 0 Å². The summed E-state index contributed by atoms with van der Waals surface area (Å²) in [6.07, 6.45) is 0.707. The van der Waals surface area contributed by atoms with E-state index in [0.717, 1.165) is 18.6 Å². The lowest BCUT2D eigenvalue weighted by Crippen LogP contribution is -2.37. The number of carbonyl (C=O) groups excluding carboxylic acids is 1. The van der Waals surface area contributed by atoms with Crippen molar-refractivity contribution < 1.29 is 18.3 Å². The lowest BCUT2D eigenvalue weighted by atomic mass is 10.1. The molecule has 2 rings (SSSR count).